The van der Waals surface area contributed by atoms with Crippen molar-refractivity contribution in [3.05, 3.63) is 50.3 Å². The standard InChI is InChI=1S/C21H22BrNO4S/c1-3-26-16-10-9-14(22)12-13(16)8-11-18(24)23-20-19(21(25)27-4-2)15-6-5-7-17(15)28-20/h8-12H,3-7H2,1-2H3,(H,23,24). The molecule has 5 nitrogen and oxygen atoms in total. The van der Waals surface area contributed by atoms with Crippen molar-refractivity contribution in [1.82, 2.24) is 0 Å². The number of nitrogens with one attached hydrogen (secondary N) is 1. The van der Waals surface area contributed by atoms with Crippen molar-refractivity contribution >= 4 is 50.2 Å². The maximum Gasteiger partial charge on any atom is 0.341 e. The second-order valence-electron chi connectivity index (χ2n) is 6.22. The fraction of sp³-hybridized carbons (Fsp3) is 0.333. The van der Waals surface area contributed by atoms with Gasteiger partial charge in [-0.2, -0.15) is 0 Å². The highest BCUT2D eigenvalue weighted by molar-refractivity contribution is 9.10. The molecule has 148 valence electrons. The van der Waals surface area contributed by atoms with Gasteiger partial charge in [0.25, 0.3) is 0 Å². The van der Waals surface area contributed by atoms with Crippen molar-refractivity contribution in [3.63, 3.8) is 0 Å². The van der Waals surface area contributed by atoms with E-state index in [-0.39, 0.29) is 11.9 Å². The van der Waals surface area contributed by atoms with Gasteiger partial charge in [-0.15, -0.1) is 11.3 Å². The first-order valence-corrected chi connectivity index (χ1v) is 10.9. The van der Waals surface area contributed by atoms with Gasteiger partial charge in [-0.05, 0) is 62.9 Å². The van der Waals surface area contributed by atoms with Gasteiger partial charge >= 0.3 is 5.97 Å². The van der Waals surface area contributed by atoms with Gasteiger partial charge in [0.1, 0.15) is 10.8 Å². The van der Waals surface area contributed by atoms with E-state index in [1.807, 2.05) is 25.1 Å². The van der Waals surface area contributed by atoms with Crippen LogP contribution in [0.1, 0.15) is 46.6 Å². The van der Waals surface area contributed by atoms with E-state index in [0.29, 0.717) is 29.5 Å². The minimum Gasteiger partial charge on any atom is -0.493 e. The molecule has 1 aliphatic rings. The maximum atomic E-state index is 12.5. The van der Waals surface area contributed by atoms with E-state index in [0.717, 1.165) is 39.7 Å². The maximum absolute atomic E-state index is 12.5. The third kappa shape index (κ3) is 4.64. The Morgan fingerprint density at radius 1 is 1.25 bits per heavy atom. The summed E-state index contributed by atoms with van der Waals surface area (Å²) in [5, 5.41) is 3.42. The number of halogens is 1. The second kappa shape index (κ2) is 9.39. The molecule has 0 fully saturated rings. The van der Waals surface area contributed by atoms with Crippen molar-refractivity contribution in [2.24, 2.45) is 0 Å². The first kappa shape index (κ1) is 20.6. The van der Waals surface area contributed by atoms with Crippen LogP contribution >= 0.6 is 27.3 Å². The van der Waals surface area contributed by atoms with E-state index in [4.69, 9.17) is 9.47 Å². The number of ether oxygens (including phenoxy) is 2. The van der Waals surface area contributed by atoms with Crippen LogP contribution in [0.3, 0.4) is 0 Å². The molecule has 1 amide bonds. The number of amides is 1. The highest BCUT2D eigenvalue weighted by atomic mass is 79.9. The van der Waals surface area contributed by atoms with Crippen molar-refractivity contribution in [2.45, 2.75) is 33.1 Å². The smallest absolute Gasteiger partial charge is 0.341 e. The van der Waals surface area contributed by atoms with Crippen molar-refractivity contribution < 1.29 is 19.1 Å². The number of carbonyl (C=O) groups is 2. The van der Waals surface area contributed by atoms with Crippen LogP contribution in [0.4, 0.5) is 5.00 Å². The third-order valence-electron chi connectivity index (χ3n) is 4.32. The molecule has 0 spiro atoms. The first-order chi connectivity index (χ1) is 13.5. The van der Waals surface area contributed by atoms with E-state index in [2.05, 4.69) is 21.2 Å². The lowest BCUT2D eigenvalue weighted by Gasteiger charge is -2.08. The minimum atomic E-state index is -0.369. The Balaban J connectivity index is 1.80. The Bertz CT molecular complexity index is 919. The van der Waals surface area contributed by atoms with Crippen LogP contribution in [0.2, 0.25) is 0 Å². The number of esters is 1. The molecular formula is C21H22BrNO4S. The first-order valence-electron chi connectivity index (χ1n) is 9.26. The van der Waals surface area contributed by atoms with Crippen LogP contribution in [0.5, 0.6) is 5.75 Å². The van der Waals surface area contributed by atoms with Crippen LogP contribution < -0.4 is 10.1 Å². The van der Waals surface area contributed by atoms with Crippen LogP contribution in [-0.2, 0) is 22.4 Å². The minimum absolute atomic E-state index is 0.298. The fourth-order valence-electron chi connectivity index (χ4n) is 3.17. The average molecular weight is 464 g/mol. The van der Waals surface area contributed by atoms with Gasteiger partial charge in [-0.25, -0.2) is 4.79 Å². The molecule has 7 heteroatoms. The monoisotopic (exact) mass is 463 g/mol. The Hall–Kier alpha value is -2.12. The molecule has 0 radical (unpaired) electrons. The molecule has 0 atom stereocenters. The number of rotatable bonds is 7. The molecular weight excluding hydrogens is 442 g/mol. The molecule has 3 rings (SSSR count). The summed E-state index contributed by atoms with van der Waals surface area (Å²) in [6, 6.07) is 5.63. The summed E-state index contributed by atoms with van der Waals surface area (Å²) in [5.41, 5.74) is 2.33. The number of anilines is 1. The van der Waals surface area contributed by atoms with E-state index in [1.54, 1.807) is 13.0 Å². The predicted molar refractivity (Wildman–Crippen MR) is 115 cm³/mol. The van der Waals surface area contributed by atoms with Gasteiger partial charge in [0, 0.05) is 21.0 Å². The zero-order valence-electron chi connectivity index (χ0n) is 15.8. The topological polar surface area (TPSA) is 64.6 Å². The van der Waals surface area contributed by atoms with Crippen LogP contribution in [-0.4, -0.2) is 25.1 Å². The van der Waals surface area contributed by atoms with Gasteiger partial charge < -0.3 is 14.8 Å². The summed E-state index contributed by atoms with van der Waals surface area (Å²) >= 11 is 4.90. The Labute approximate surface area is 176 Å². The van der Waals surface area contributed by atoms with E-state index >= 15 is 0 Å². The molecule has 0 aliphatic heterocycles. The molecule has 0 saturated carbocycles. The molecule has 1 aliphatic carbocycles. The molecule has 0 saturated heterocycles. The number of thiophene rings is 1. The van der Waals surface area contributed by atoms with Crippen molar-refractivity contribution in [3.8, 4) is 5.75 Å². The van der Waals surface area contributed by atoms with E-state index in [1.165, 1.54) is 17.4 Å². The molecule has 2 aromatic rings. The van der Waals surface area contributed by atoms with Crippen LogP contribution in [0, 0.1) is 0 Å². The number of benzene rings is 1. The average Bonchev–Trinajstić information content (AvgIpc) is 3.22. The van der Waals surface area contributed by atoms with E-state index in [9.17, 15) is 9.59 Å². The lowest BCUT2D eigenvalue weighted by atomic mass is 10.1. The van der Waals surface area contributed by atoms with Gasteiger partial charge in [-0.3, -0.25) is 4.79 Å². The van der Waals surface area contributed by atoms with Gasteiger partial charge in [0.15, 0.2) is 0 Å². The SMILES string of the molecule is CCOC(=O)c1c(NC(=O)C=Cc2cc(Br)ccc2OCC)sc2c1CCC2. The predicted octanol–water partition coefficient (Wildman–Crippen LogP) is 5.23. The Morgan fingerprint density at radius 3 is 2.82 bits per heavy atom. The molecule has 1 aromatic heterocycles. The number of hydrogen-bond acceptors (Lipinski definition) is 5. The number of aryl methyl sites for hydroxylation is 1. The highest BCUT2D eigenvalue weighted by Gasteiger charge is 2.28. The molecule has 1 heterocycles. The number of hydrogen-bond donors (Lipinski definition) is 1. The second-order valence-corrected chi connectivity index (χ2v) is 8.24. The summed E-state index contributed by atoms with van der Waals surface area (Å²) in [7, 11) is 0. The van der Waals surface area contributed by atoms with Gasteiger partial charge in [-0.1, -0.05) is 15.9 Å². The molecule has 1 aromatic carbocycles. The van der Waals surface area contributed by atoms with Gasteiger partial charge in [0.05, 0.1) is 18.8 Å². The zero-order chi connectivity index (χ0) is 20.1. The molecule has 0 unspecified atom stereocenters. The number of carbonyl (C=O) groups excluding carboxylic acids is 2. The summed E-state index contributed by atoms with van der Waals surface area (Å²) in [5.74, 6) is 0.0387. The molecule has 0 bridgehead atoms. The summed E-state index contributed by atoms with van der Waals surface area (Å²) < 4.78 is 11.7. The van der Waals surface area contributed by atoms with E-state index < -0.39 is 0 Å². The fourth-order valence-corrected chi connectivity index (χ4v) is 4.83. The summed E-state index contributed by atoms with van der Waals surface area (Å²) in [4.78, 5) is 26.1. The normalized spacial score (nSPS) is 12.8. The van der Waals surface area contributed by atoms with Crippen LogP contribution in [0.25, 0.3) is 6.08 Å². The molecule has 28 heavy (non-hydrogen) atoms. The lowest BCUT2D eigenvalue weighted by molar-refractivity contribution is -0.111. The molecule has 1 N–H and O–H groups in total. The Morgan fingerprint density at radius 2 is 2.07 bits per heavy atom. The van der Waals surface area contributed by atoms with Gasteiger partial charge in [0.2, 0.25) is 5.91 Å². The van der Waals surface area contributed by atoms with Crippen molar-refractivity contribution in [1.29, 1.82) is 0 Å². The van der Waals surface area contributed by atoms with Crippen molar-refractivity contribution in [2.75, 3.05) is 18.5 Å². The Kier molecular flexibility index (Phi) is 6.91. The zero-order valence-corrected chi connectivity index (χ0v) is 18.2. The third-order valence-corrected chi connectivity index (χ3v) is 6.02. The lowest BCUT2D eigenvalue weighted by Crippen LogP contribution is -2.13. The number of fused-ring (bicyclic) bond motifs is 1. The summed E-state index contributed by atoms with van der Waals surface area (Å²) in [6.07, 6.45) is 5.97. The summed E-state index contributed by atoms with van der Waals surface area (Å²) in [6.45, 7) is 4.53. The largest absolute Gasteiger partial charge is 0.493 e. The van der Waals surface area contributed by atoms with Crippen LogP contribution in [0.15, 0.2) is 28.7 Å². The quantitative estimate of drug-likeness (QED) is 0.451. The highest BCUT2D eigenvalue weighted by Crippen LogP contribution is 2.39.